The average Bonchev–Trinajstić information content (AvgIpc) is 2.05. The molecule has 12 heavy (non-hydrogen) atoms. The van der Waals surface area contributed by atoms with E-state index in [4.69, 9.17) is 15.2 Å². The largest absolute Gasteiger partial charge is 0.366 e. The Morgan fingerprint density at radius 3 is 2.33 bits per heavy atom. The van der Waals surface area contributed by atoms with Crippen LogP contribution in [-0.2, 0) is 14.3 Å². The SMILES string of the molecule is COC(CC=C(C)C(N)=O)OC. The number of primary amides is 1. The number of methoxy groups -OCH3 is 2. The quantitative estimate of drug-likeness (QED) is 0.484. The van der Waals surface area contributed by atoms with Gasteiger partial charge in [-0.05, 0) is 6.92 Å². The summed E-state index contributed by atoms with van der Waals surface area (Å²) in [5.74, 6) is -0.416. The van der Waals surface area contributed by atoms with Crippen LogP contribution in [0.4, 0.5) is 0 Å². The van der Waals surface area contributed by atoms with Gasteiger partial charge in [0.15, 0.2) is 6.29 Å². The third-order valence-electron chi connectivity index (χ3n) is 1.53. The molecule has 0 radical (unpaired) electrons. The molecule has 1 amide bonds. The Labute approximate surface area is 72.3 Å². The van der Waals surface area contributed by atoms with Gasteiger partial charge in [-0.2, -0.15) is 0 Å². The minimum absolute atomic E-state index is 0.306. The van der Waals surface area contributed by atoms with E-state index in [2.05, 4.69) is 0 Å². The predicted octanol–water partition coefficient (Wildman–Crippen LogP) is 0.427. The highest BCUT2D eigenvalue weighted by molar-refractivity contribution is 5.91. The van der Waals surface area contributed by atoms with E-state index in [0.717, 1.165) is 0 Å². The Kier molecular flexibility index (Phi) is 5.32. The van der Waals surface area contributed by atoms with Gasteiger partial charge in [0.05, 0.1) is 0 Å². The van der Waals surface area contributed by atoms with E-state index in [1.165, 1.54) is 0 Å². The summed E-state index contributed by atoms with van der Waals surface area (Å²) in [6, 6.07) is 0. The van der Waals surface area contributed by atoms with E-state index in [1.807, 2.05) is 0 Å². The lowest BCUT2D eigenvalue weighted by atomic mass is 10.2. The molecule has 0 unspecified atom stereocenters. The number of carbonyl (C=O) groups excluding carboxylic acids is 1. The molecule has 0 spiro atoms. The molecule has 0 aromatic rings. The van der Waals surface area contributed by atoms with Gasteiger partial charge < -0.3 is 15.2 Å². The van der Waals surface area contributed by atoms with Crippen molar-refractivity contribution < 1.29 is 14.3 Å². The molecule has 0 aliphatic heterocycles. The maximum atomic E-state index is 10.6. The van der Waals surface area contributed by atoms with E-state index in [-0.39, 0.29) is 6.29 Å². The van der Waals surface area contributed by atoms with Crippen molar-refractivity contribution >= 4 is 5.91 Å². The zero-order valence-electron chi connectivity index (χ0n) is 7.66. The van der Waals surface area contributed by atoms with Crippen molar-refractivity contribution in [3.63, 3.8) is 0 Å². The molecule has 0 aromatic carbocycles. The standard InChI is InChI=1S/C8H15NO3/c1-6(8(9)10)4-5-7(11-2)12-3/h4,7H,5H2,1-3H3,(H2,9,10). The van der Waals surface area contributed by atoms with Crippen molar-refractivity contribution in [3.8, 4) is 0 Å². The second kappa shape index (κ2) is 5.74. The molecular weight excluding hydrogens is 158 g/mol. The molecule has 4 heteroatoms. The third kappa shape index (κ3) is 4.10. The van der Waals surface area contributed by atoms with Gasteiger partial charge in [0, 0.05) is 26.2 Å². The summed E-state index contributed by atoms with van der Waals surface area (Å²) in [5, 5.41) is 0. The Morgan fingerprint density at radius 1 is 1.50 bits per heavy atom. The molecule has 0 aliphatic carbocycles. The van der Waals surface area contributed by atoms with E-state index in [1.54, 1.807) is 27.2 Å². The van der Waals surface area contributed by atoms with Crippen LogP contribution in [-0.4, -0.2) is 26.4 Å². The van der Waals surface area contributed by atoms with Crippen LogP contribution >= 0.6 is 0 Å². The van der Waals surface area contributed by atoms with Crippen LogP contribution in [0.1, 0.15) is 13.3 Å². The van der Waals surface area contributed by atoms with E-state index in [9.17, 15) is 4.79 Å². The normalized spacial score (nSPS) is 12.2. The number of hydrogen-bond donors (Lipinski definition) is 1. The fourth-order valence-electron chi connectivity index (χ4n) is 0.662. The summed E-state index contributed by atoms with van der Waals surface area (Å²) < 4.78 is 9.82. The van der Waals surface area contributed by atoms with E-state index < -0.39 is 5.91 Å². The lowest BCUT2D eigenvalue weighted by molar-refractivity contribution is -0.114. The molecule has 2 N–H and O–H groups in total. The van der Waals surface area contributed by atoms with Gasteiger partial charge in [-0.15, -0.1) is 0 Å². The van der Waals surface area contributed by atoms with Crippen molar-refractivity contribution in [1.29, 1.82) is 0 Å². The molecular formula is C8H15NO3. The topological polar surface area (TPSA) is 61.5 Å². The summed E-state index contributed by atoms with van der Waals surface area (Å²) in [5.41, 5.74) is 5.54. The number of rotatable bonds is 5. The molecule has 0 atom stereocenters. The lowest BCUT2D eigenvalue weighted by Crippen LogP contribution is -2.14. The number of amides is 1. The van der Waals surface area contributed by atoms with Crippen LogP contribution in [0.2, 0.25) is 0 Å². The third-order valence-corrected chi connectivity index (χ3v) is 1.53. The monoisotopic (exact) mass is 173 g/mol. The Bertz CT molecular complexity index is 173. The molecule has 0 aromatic heterocycles. The number of carbonyl (C=O) groups is 1. The Balaban J connectivity index is 3.93. The van der Waals surface area contributed by atoms with E-state index in [0.29, 0.717) is 12.0 Å². The summed E-state index contributed by atoms with van der Waals surface area (Å²) in [4.78, 5) is 10.6. The van der Waals surface area contributed by atoms with Gasteiger partial charge in [0.1, 0.15) is 0 Å². The highest BCUT2D eigenvalue weighted by Crippen LogP contribution is 2.02. The van der Waals surface area contributed by atoms with Crippen molar-refractivity contribution in [1.82, 2.24) is 0 Å². The average molecular weight is 173 g/mol. The Hall–Kier alpha value is -0.870. The van der Waals surface area contributed by atoms with Crippen LogP contribution in [0.5, 0.6) is 0 Å². The summed E-state index contributed by atoms with van der Waals surface area (Å²) in [6.45, 7) is 1.66. The summed E-state index contributed by atoms with van der Waals surface area (Å²) in [6.07, 6.45) is 1.92. The minimum Gasteiger partial charge on any atom is -0.366 e. The first-order chi connectivity index (χ1) is 5.61. The van der Waals surface area contributed by atoms with Gasteiger partial charge in [0.2, 0.25) is 5.91 Å². The highest BCUT2D eigenvalue weighted by Gasteiger charge is 2.03. The maximum absolute atomic E-state index is 10.6. The van der Waals surface area contributed by atoms with Crippen molar-refractivity contribution in [2.75, 3.05) is 14.2 Å². The molecule has 70 valence electrons. The number of nitrogens with two attached hydrogens (primary N) is 1. The van der Waals surface area contributed by atoms with Gasteiger partial charge in [-0.3, -0.25) is 4.79 Å². The molecule has 0 saturated heterocycles. The highest BCUT2D eigenvalue weighted by atomic mass is 16.7. The first-order valence-corrected chi connectivity index (χ1v) is 3.64. The Morgan fingerprint density at radius 2 is 2.00 bits per heavy atom. The van der Waals surface area contributed by atoms with Crippen LogP contribution in [0, 0.1) is 0 Å². The van der Waals surface area contributed by atoms with Crippen molar-refractivity contribution in [2.45, 2.75) is 19.6 Å². The maximum Gasteiger partial charge on any atom is 0.244 e. The van der Waals surface area contributed by atoms with E-state index >= 15 is 0 Å². The van der Waals surface area contributed by atoms with Crippen molar-refractivity contribution in [2.24, 2.45) is 5.73 Å². The summed E-state index contributed by atoms with van der Waals surface area (Å²) >= 11 is 0. The molecule has 0 bridgehead atoms. The second-order valence-corrected chi connectivity index (χ2v) is 2.39. The molecule has 4 nitrogen and oxygen atoms in total. The first-order valence-electron chi connectivity index (χ1n) is 3.64. The predicted molar refractivity (Wildman–Crippen MR) is 45.4 cm³/mol. The molecule has 0 heterocycles. The smallest absolute Gasteiger partial charge is 0.244 e. The zero-order chi connectivity index (χ0) is 9.56. The molecule has 0 rings (SSSR count). The van der Waals surface area contributed by atoms with Crippen LogP contribution in [0.3, 0.4) is 0 Å². The van der Waals surface area contributed by atoms with Gasteiger partial charge in [0.25, 0.3) is 0 Å². The lowest BCUT2D eigenvalue weighted by Gasteiger charge is -2.10. The van der Waals surface area contributed by atoms with Crippen LogP contribution in [0.25, 0.3) is 0 Å². The van der Waals surface area contributed by atoms with Gasteiger partial charge in [-0.25, -0.2) is 0 Å². The first kappa shape index (κ1) is 11.1. The molecule has 0 saturated carbocycles. The molecule has 0 aliphatic rings. The van der Waals surface area contributed by atoms with Crippen LogP contribution in [0.15, 0.2) is 11.6 Å². The van der Waals surface area contributed by atoms with Gasteiger partial charge in [-0.1, -0.05) is 6.08 Å². The summed E-state index contributed by atoms with van der Waals surface area (Å²) in [7, 11) is 3.09. The number of ether oxygens (including phenoxy) is 2. The molecule has 0 fully saturated rings. The second-order valence-electron chi connectivity index (χ2n) is 2.39. The minimum atomic E-state index is -0.416. The zero-order valence-corrected chi connectivity index (χ0v) is 7.66. The van der Waals surface area contributed by atoms with Crippen LogP contribution < -0.4 is 5.73 Å². The van der Waals surface area contributed by atoms with Gasteiger partial charge >= 0.3 is 0 Å². The number of hydrogen-bond acceptors (Lipinski definition) is 3. The van der Waals surface area contributed by atoms with Crippen molar-refractivity contribution in [3.05, 3.63) is 11.6 Å². The fourth-order valence-corrected chi connectivity index (χ4v) is 0.662. The fraction of sp³-hybridized carbons (Fsp3) is 0.625.